The van der Waals surface area contributed by atoms with E-state index in [2.05, 4.69) is 15.3 Å². The van der Waals surface area contributed by atoms with Gasteiger partial charge in [0.25, 0.3) is 0 Å². The van der Waals surface area contributed by atoms with Crippen molar-refractivity contribution in [2.75, 3.05) is 25.0 Å². The molecule has 162 valence electrons. The maximum atomic E-state index is 11.9. The summed E-state index contributed by atoms with van der Waals surface area (Å²) in [5.41, 5.74) is 8.58. The van der Waals surface area contributed by atoms with E-state index in [-0.39, 0.29) is 0 Å². The zero-order chi connectivity index (χ0) is 22.5. The Labute approximate surface area is 194 Å². The van der Waals surface area contributed by atoms with Crippen molar-refractivity contribution in [3.63, 3.8) is 0 Å². The van der Waals surface area contributed by atoms with Gasteiger partial charge in [-0.15, -0.1) is 0 Å². The normalized spacial score (nSPS) is 15.0. The van der Waals surface area contributed by atoms with Gasteiger partial charge in [-0.3, -0.25) is 4.79 Å². The van der Waals surface area contributed by atoms with Crippen molar-refractivity contribution in [3.05, 3.63) is 64.9 Å². The summed E-state index contributed by atoms with van der Waals surface area (Å²) < 4.78 is 1.68. The molecule has 0 spiro atoms. The molecular formula is C22H19Cl2N7O. The second-order valence-electron chi connectivity index (χ2n) is 7.67. The predicted molar refractivity (Wildman–Crippen MR) is 125 cm³/mol. The van der Waals surface area contributed by atoms with E-state index >= 15 is 0 Å². The summed E-state index contributed by atoms with van der Waals surface area (Å²) in [6.07, 6.45) is 1.49. The number of carbonyl (C=O) groups excluding carboxylic acids is 1. The molecule has 2 aromatic heterocycles. The van der Waals surface area contributed by atoms with Gasteiger partial charge in [0.2, 0.25) is 11.9 Å². The average molecular weight is 468 g/mol. The van der Waals surface area contributed by atoms with Crippen LogP contribution in [0.15, 0.2) is 54.9 Å². The molecular weight excluding hydrogens is 449 g/mol. The molecule has 3 N–H and O–H groups in total. The number of nitrogens with two attached hydrogens (primary N) is 1. The van der Waals surface area contributed by atoms with E-state index in [4.69, 9.17) is 34.0 Å². The third-order valence-corrected chi connectivity index (χ3v) is 6.40. The highest BCUT2D eigenvalue weighted by Crippen LogP contribution is 2.39. The highest BCUT2D eigenvalue weighted by molar-refractivity contribution is 6.33. The molecule has 0 aliphatic carbocycles. The number of halogens is 2. The number of carbonyl (C=O) groups is 1. The number of aromatic nitrogens is 4. The van der Waals surface area contributed by atoms with Crippen LogP contribution in [0.3, 0.4) is 0 Å². The van der Waals surface area contributed by atoms with Crippen LogP contribution in [0.1, 0.15) is 0 Å². The quantitative estimate of drug-likeness (QED) is 0.467. The van der Waals surface area contributed by atoms with Crippen LogP contribution in [0.5, 0.6) is 0 Å². The molecule has 32 heavy (non-hydrogen) atoms. The van der Waals surface area contributed by atoms with Crippen molar-refractivity contribution in [2.24, 2.45) is 5.73 Å². The summed E-state index contributed by atoms with van der Waals surface area (Å²) in [5, 5.41) is 9.09. The number of fused-ring (bicyclic) bond motifs is 1. The Bertz CT molecular complexity index is 1330. The number of anilines is 1. The van der Waals surface area contributed by atoms with E-state index in [9.17, 15) is 4.79 Å². The summed E-state index contributed by atoms with van der Waals surface area (Å²) >= 11 is 12.6. The first-order chi connectivity index (χ1) is 15.4. The number of amides is 1. The zero-order valence-corrected chi connectivity index (χ0v) is 18.6. The molecule has 0 atom stereocenters. The van der Waals surface area contributed by atoms with E-state index in [1.165, 1.54) is 6.33 Å². The monoisotopic (exact) mass is 467 g/mol. The van der Waals surface area contributed by atoms with Crippen LogP contribution in [0, 0.1) is 0 Å². The Morgan fingerprint density at radius 1 is 1.09 bits per heavy atom. The van der Waals surface area contributed by atoms with Crippen molar-refractivity contribution in [1.29, 1.82) is 0 Å². The van der Waals surface area contributed by atoms with Gasteiger partial charge in [0.05, 0.1) is 10.6 Å². The van der Waals surface area contributed by atoms with Crippen LogP contribution in [0.4, 0.5) is 5.95 Å². The number of rotatable bonds is 5. The highest BCUT2D eigenvalue weighted by Gasteiger charge is 2.48. The molecule has 5 rings (SSSR count). The van der Waals surface area contributed by atoms with Gasteiger partial charge in [-0.1, -0.05) is 53.5 Å². The van der Waals surface area contributed by atoms with Crippen molar-refractivity contribution < 1.29 is 4.79 Å². The van der Waals surface area contributed by atoms with E-state index in [0.29, 0.717) is 40.4 Å². The maximum Gasteiger partial charge on any atom is 0.241 e. The number of likely N-dealkylation sites (N-methyl/N-ethyl adjacent to an activating group) is 1. The SMILES string of the molecule is CNC1(C(N)=O)CN(c2ncnc3c(-c4ccc(Cl)cc4)c(-c4ccccc4Cl)nn23)C1. The van der Waals surface area contributed by atoms with Gasteiger partial charge < -0.3 is 16.0 Å². The van der Waals surface area contributed by atoms with E-state index in [1.54, 1.807) is 11.6 Å². The fraction of sp³-hybridized carbons (Fsp3) is 0.182. The van der Waals surface area contributed by atoms with Gasteiger partial charge >= 0.3 is 0 Å². The predicted octanol–water partition coefficient (Wildman–Crippen LogP) is 3.03. The van der Waals surface area contributed by atoms with Crippen LogP contribution >= 0.6 is 23.2 Å². The lowest BCUT2D eigenvalue weighted by molar-refractivity contribution is -0.125. The molecule has 4 aromatic rings. The van der Waals surface area contributed by atoms with E-state index < -0.39 is 11.4 Å². The average Bonchev–Trinajstić information content (AvgIpc) is 3.14. The molecule has 1 saturated heterocycles. The Morgan fingerprint density at radius 3 is 2.47 bits per heavy atom. The van der Waals surface area contributed by atoms with Gasteiger partial charge in [-0.25, -0.2) is 9.97 Å². The van der Waals surface area contributed by atoms with E-state index in [0.717, 1.165) is 16.7 Å². The second-order valence-corrected chi connectivity index (χ2v) is 8.52. The largest absolute Gasteiger partial charge is 0.368 e. The number of primary amides is 1. The third-order valence-electron chi connectivity index (χ3n) is 5.82. The Hall–Kier alpha value is -3.20. The van der Waals surface area contributed by atoms with E-state index in [1.807, 2.05) is 53.4 Å². The Balaban J connectivity index is 1.71. The summed E-state index contributed by atoms with van der Waals surface area (Å²) in [6.45, 7) is 0.755. The molecule has 0 unspecified atom stereocenters. The summed E-state index contributed by atoms with van der Waals surface area (Å²) in [5.74, 6) is 0.163. The molecule has 8 nitrogen and oxygen atoms in total. The minimum Gasteiger partial charge on any atom is -0.368 e. The van der Waals surface area contributed by atoms with Crippen molar-refractivity contribution in [1.82, 2.24) is 24.9 Å². The summed E-state index contributed by atoms with van der Waals surface area (Å²) in [7, 11) is 1.72. The Morgan fingerprint density at radius 2 is 1.81 bits per heavy atom. The zero-order valence-electron chi connectivity index (χ0n) is 17.1. The third kappa shape index (κ3) is 3.19. The number of hydrogen-bond acceptors (Lipinski definition) is 6. The first kappa shape index (κ1) is 20.7. The van der Waals surface area contributed by atoms with Gasteiger partial charge in [0, 0.05) is 23.7 Å². The molecule has 1 amide bonds. The first-order valence-electron chi connectivity index (χ1n) is 9.92. The lowest BCUT2D eigenvalue weighted by atomic mass is 9.89. The van der Waals surface area contributed by atoms with Crippen LogP contribution in [-0.2, 0) is 4.79 Å². The van der Waals surface area contributed by atoms with Crippen molar-refractivity contribution in [2.45, 2.75) is 5.54 Å². The molecule has 2 aromatic carbocycles. The lowest BCUT2D eigenvalue weighted by Gasteiger charge is -2.47. The molecule has 1 aliphatic rings. The number of nitrogens with zero attached hydrogens (tertiary/aromatic N) is 5. The second kappa shape index (κ2) is 7.74. The lowest BCUT2D eigenvalue weighted by Crippen LogP contribution is -2.74. The fourth-order valence-electron chi connectivity index (χ4n) is 3.98. The van der Waals surface area contributed by atoms with Gasteiger partial charge in [-0.2, -0.15) is 9.61 Å². The molecule has 0 bridgehead atoms. The topological polar surface area (TPSA) is 101 Å². The minimum atomic E-state index is -0.797. The van der Waals surface area contributed by atoms with Crippen LogP contribution in [0.25, 0.3) is 28.0 Å². The number of hydrogen-bond donors (Lipinski definition) is 2. The van der Waals surface area contributed by atoms with Crippen LogP contribution in [-0.4, -0.2) is 51.2 Å². The first-order valence-corrected chi connectivity index (χ1v) is 10.7. The van der Waals surface area contributed by atoms with Crippen molar-refractivity contribution in [3.8, 4) is 22.4 Å². The Kier molecular flexibility index (Phi) is 5.00. The standard InChI is InChI=1S/C22H19Cl2N7O/c1-26-22(20(25)32)10-30(11-22)21-28-12-27-19-17(13-6-8-14(23)9-7-13)18(29-31(19)21)15-4-2-3-5-16(15)24/h2-9,12,26H,10-11H2,1H3,(H2,25,32). The number of nitrogens with one attached hydrogen (secondary N) is 1. The molecule has 3 heterocycles. The van der Waals surface area contributed by atoms with Gasteiger partial charge in [-0.05, 0) is 30.8 Å². The summed E-state index contributed by atoms with van der Waals surface area (Å²) in [4.78, 5) is 22.8. The maximum absolute atomic E-state index is 11.9. The fourth-order valence-corrected chi connectivity index (χ4v) is 4.33. The molecule has 0 radical (unpaired) electrons. The molecule has 1 aliphatic heterocycles. The van der Waals surface area contributed by atoms with Crippen LogP contribution < -0.4 is 16.0 Å². The summed E-state index contributed by atoms with van der Waals surface area (Å²) in [6, 6.07) is 15.0. The molecule has 1 fully saturated rings. The van der Waals surface area contributed by atoms with Crippen molar-refractivity contribution >= 4 is 40.7 Å². The van der Waals surface area contributed by atoms with Crippen LogP contribution in [0.2, 0.25) is 10.0 Å². The van der Waals surface area contributed by atoms with Gasteiger partial charge in [0.15, 0.2) is 5.65 Å². The molecule has 0 saturated carbocycles. The van der Waals surface area contributed by atoms with Gasteiger partial charge in [0.1, 0.15) is 17.6 Å². The molecule has 10 heteroatoms. The highest BCUT2D eigenvalue weighted by atomic mass is 35.5. The smallest absolute Gasteiger partial charge is 0.241 e. The number of benzene rings is 2. The minimum absolute atomic E-state index is 0.377.